The van der Waals surface area contributed by atoms with E-state index in [9.17, 15) is 43.9 Å². The maximum Gasteiger partial charge on any atom is 0.201 e. The second kappa shape index (κ2) is 68.0. The van der Waals surface area contributed by atoms with Crippen molar-refractivity contribution < 1.29 is 221 Å². The van der Waals surface area contributed by atoms with E-state index in [1.54, 1.807) is 81.8 Å². The smallest absolute Gasteiger partial charge is 0.201 e. The first-order valence-electron chi connectivity index (χ1n) is 43.0. The molecule has 3 aliphatic carbocycles. The molecule has 18 heteroatoms. The maximum atomic E-state index is 13.6. The van der Waals surface area contributed by atoms with Crippen LogP contribution < -0.4 is 4.74 Å². The molecular weight excluding hydrogens is 2180 g/mol. The summed E-state index contributed by atoms with van der Waals surface area (Å²) in [6.45, 7) is 39.8. The van der Waals surface area contributed by atoms with Crippen LogP contribution in [0.4, 0.5) is 43.9 Å². The molecule has 16 rings (SSSR count). The summed E-state index contributed by atoms with van der Waals surface area (Å²) in [5.74, 6) is -1.94. The molecule has 0 N–H and O–H groups in total. The summed E-state index contributed by atoms with van der Waals surface area (Å²) in [4.78, 5) is 0. The predicted molar refractivity (Wildman–Crippen MR) is 509 cm³/mol. The molecule has 5 aliphatic rings. The van der Waals surface area contributed by atoms with E-state index >= 15 is 0 Å². The van der Waals surface area contributed by atoms with Crippen molar-refractivity contribution in [2.24, 2.45) is 29.6 Å². The second-order valence-electron chi connectivity index (χ2n) is 33.6. The van der Waals surface area contributed by atoms with Gasteiger partial charge in [0.2, 0.25) is 5.82 Å². The van der Waals surface area contributed by atoms with E-state index < -0.39 is 40.7 Å². The third-order valence-electron chi connectivity index (χ3n) is 21.7. The van der Waals surface area contributed by atoms with Crippen molar-refractivity contribution in [1.29, 1.82) is 0 Å². The summed E-state index contributed by atoms with van der Waals surface area (Å²) >= 11 is 5.61. The third kappa shape index (κ3) is 47.0. The molecule has 11 aromatic rings. The average Bonchev–Trinajstić information content (AvgIpc) is 0.779. The van der Waals surface area contributed by atoms with Crippen molar-refractivity contribution in [2.45, 2.75) is 243 Å². The topological polar surface area (TPSA) is 27.7 Å². The molecule has 3 nitrogen and oxygen atoms in total. The van der Waals surface area contributed by atoms with Gasteiger partial charge in [-0.3, -0.25) is 0 Å². The van der Waals surface area contributed by atoms with E-state index in [4.69, 9.17) is 25.8 Å². The molecule has 0 radical (unpaired) electrons. The number of hydrogen-bond donors (Lipinski definition) is 0. The Morgan fingerprint density at radius 1 is 0.318 bits per heavy atom. The van der Waals surface area contributed by atoms with E-state index in [-0.39, 0.29) is 230 Å². The van der Waals surface area contributed by atoms with Crippen LogP contribution in [0.15, 0.2) is 235 Å². The molecule has 11 aromatic carbocycles. The number of halogens is 11. The molecular formula is C111H139ClF10Nd4O3. The molecule has 0 spiro atoms. The van der Waals surface area contributed by atoms with Crippen LogP contribution in [-0.2, 0) is 15.9 Å². The Bertz CT molecular complexity index is 4720. The Morgan fingerprint density at radius 2 is 0.690 bits per heavy atom. The molecule has 0 aromatic heterocycles. The van der Waals surface area contributed by atoms with Gasteiger partial charge < -0.3 is 14.2 Å². The van der Waals surface area contributed by atoms with Crippen LogP contribution in [0.5, 0.6) is 5.75 Å². The van der Waals surface area contributed by atoms with E-state index in [0.717, 1.165) is 72.5 Å². The fraction of sp³-hybridized carbons (Fsp3) is 0.387. The number of fused-ring (bicyclic) bond motifs is 2. The molecule has 2 aliphatic heterocycles. The van der Waals surface area contributed by atoms with Crippen molar-refractivity contribution in [3.05, 3.63) is 360 Å². The van der Waals surface area contributed by atoms with Crippen molar-refractivity contribution >= 4 is 22.4 Å². The average molecular weight is 2320 g/mol. The van der Waals surface area contributed by atoms with Crippen molar-refractivity contribution in [1.82, 2.24) is 0 Å². The number of allylic oxidation sites excluding steroid dienone is 4. The van der Waals surface area contributed by atoms with Crippen LogP contribution in [0.1, 0.15) is 215 Å². The molecule has 1 saturated heterocycles. The predicted octanol–water partition coefficient (Wildman–Crippen LogP) is 34.9. The van der Waals surface area contributed by atoms with Gasteiger partial charge in [0.15, 0.2) is 41.1 Å². The molecule has 694 valence electrons. The van der Waals surface area contributed by atoms with Gasteiger partial charge >= 0.3 is 0 Å². The van der Waals surface area contributed by atoms with Crippen molar-refractivity contribution in [2.75, 3.05) is 13.2 Å². The van der Waals surface area contributed by atoms with Gasteiger partial charge in [-0.2, -0.15) is 4.39 Å². The maximum absolute atomic E-state index is 13.6. The molecule has 0 bridgehead atoms. The number of benzene rings is 11. The first kappa shape index (κ1) is 127. The van der Waals surface area contributed by atoms with E-state index in [0.29, 0.717) is 57.0 Å². The summed E-state index contributed by atoms with van der Waals surface area (Å²) in [7, 11) is 0. The fourth-order valence-electron chi connectivity index (χ4n) is 13.1. The summed E-state index contributed by atoms with van der Waals surface area (Å²) < 4.78 is 146. The van der Waals surface area contributed by atoms with Gasteiger partial charge in [-0.05, 0) is 280 Å². The molecule has 2 heterocycles. The number of rotatable bonds is 2. The van der Waals surface area contributed by atoms with Gasteiger partial charge in [-0.1, -0.05) is 304 Å². The minimum atomic E-state index is -1.11. The Balaban J connectivity index is 0. The van der Waals surface area contributed by atoms with E-state index in [1.807, 2.05) is 58.0 Å². The van der Waals surface area contributed by atoms with Crippen LogP contribution in [0.25, 0.3) is 33.0 Å². The Morgan fingerprint density at radius 3 is 1.07 bits per heavy atom. The van der Waals surface area contributed by atoms with Crippen LogP contribution in [0.3, 0.4) is 0 Å². The number of ether oxygens (including phenoxy) is 3. The standard InChI is InChI=1S/C12H9F3.2C12H10.C11H12F2O.C8H8ClF.C8H8F2.C8H13F.C8H9F.C8H16.C8H14.C8H10.C6H12O2.2CH4.4Nd/c1-6-3-4-8-5-7(2)11(14)12(15)9(8)10(6)13;2*1-3-7-11(8-4-1)12-9-5-2-6-10-12;1-6-5-8-4-3-7(2)14-11(8)10(13)9(6)12;2*1-5-3-4-6(2)8(10)7(5)9;2*1-6-3-4-7(2)8(9)5-6;3*1-7-3-5-8(2)6-4-7;1-5-3-7-6(2)8-4-5;;;;;;/h3-5H,1-2H3;2*1-10H;5,7H,3-4H2,1-2H3;2*3-4H,1-2H3;6H,3-5H2,1-2H3;3-5H,1-2H3;7-8H,3-6H2,1-2H3;3,8H,4-6H2,1-2H3;3-6H,1-2H3;5-6H,3-4H2,1-2H3;2*1H4;;;;. The zero-order chi connectivity index (χ0) is 91.0. The van der Waals surface area contributed by atoms with Gasteiger partial charge in [0.05, 0.1) is 35.6 Å². The van der Waals surface area contributed by atoms with Gasteiger partial charge in [0.1, 0.15) is 17.5 Å². The van der Waals surface area contributed by atoms with Crippen LogP contribution in [0, 0.1) is 321 Å². The second-order valence-corrected chi connectivity index (χ2v) is 34.0. The molecule has 3 unspecified atom stereocenters. The number of aryl methyl sites for hydroxylation is 12. The van der Waals surface area contributed by atoms with Crippen molar-refractivity contribution in [3.63, 3.8) is 0 Å². The van der Waals surface area contributed by atoms with Crippen LogP contribution >= 0.6 is 11.6 Å². The molecule has 0 amide bonds. The molecule has 2 fully saturated rings. The normalized spacial score (nSPS) is 16.9. The van der Waals surface area contributed by atoms with E-state index in [2.05, 4.69) is 183 Å². The molecule has 129 heavy (non-hydrogen) atoms. The SMILES string of the molecule is C.C.CC1=C(F)CC(C)CC1.CC1=CCC(C)CC1.CC1CCC(C)CC1.CC1COC(C)OC1.Cc1cc2c(c(F)c1F)OC(C)CC2.Cc1cc2ccc(C)c(F)c2c(F)c1F.Cc1ccc(C)c(Cl)c1F.Cc1ccc(C)c(F)c1.Cc1ccc(C)c(F)c1F.Cc1ccc(C)cc1.[Nd].[Nd].[Nd].[Nd].c1ccc(-c2ccccc2)cc1.c1ccc(-c2ccccc2)cc1. The Hall–Kier alpha value is -4.13. The van der Waals surface area contributed by atoms with Gasteiger partial charge in [0, 0.05) is 176 Å². The monoisotopic (exact) mass is 2310 g/mol. The largest absolute Gasteiger partial charge is 0.487 e. The summed E-state index contributed by atoms with van der Waals surface area (Å²) in [5.41, 5.74) is 15.7. The van der Waals surface area contributed by atoms with Crippen LogP contribution in [0.2, 0.25) is 5.02 Å². The zero-order valence-electron chi connectivity index (χ0n) is 78.1. The van der Waals surface area contributed by atoms with Crippen LogP contribution in [-0.4, -0.2) is 25.6 Å². The Labute approximate surface area is 905 Å². The minimum Gasteiger partial charge on any atom is -0.487 e. The van der Waals surface area contributed by atoms with Crippen molar-refractivity contribution in [3.8, 4) is 28.0 Å². The summed E-state index contributed by atoms with van der Waals surface area (Å²) in [6.07, 6.45) is 16.7. The summed E-state index contributed by atoms with van der Waals surface area (Å²) in [5, 5.41) is 0.354. The number of hydrogen-bond acceptors (Lipinski definition) is 3. The molecule has 1 saturated carbocycles. The minimum absolute atomic E-state index is 0. The van der Waals surface area contributed by atoms with E-state index in [1.165, 1.54) is 125 Å². The first-order chi connectivity index (χ1) is 58.3. The Kier molecular flexibility index (Phi) is 66.9. The van der Waals surface area contributed by atoms with Gasteiger partial charge in [-0.15, -0.1) is 0 Å². The summed E-state index contributed by atoms with van der Waals surface area (Å²) in [6, 6.07) is 68.2. The first-order valence-corrected chi connectivity index (χ1v) is 43.4. The molecule has 3 atom stereocenters. The van der Waals surface area contributed by atoms with Gasteiger partial charge in [-0.25, -0.2) is 39.5 Å². The fourth-order valence-corrected chi connectivity index (χ4v) is 13.3. The quantitative estimate of drug-likeness (QED) is 0.128. The zero-order valence-corrected chi connectivity index (χ0v) is 91.7. The van der Waals surface area contributed by atoms with Gasteiger partial charge in [0.25, 0.3) is 0 Å². The third-order valence-corrected chi connectivity index (χ3v) is 22.2.